The third-order valence-corrected chi connectivity index (χ3v) is 12.5. The summed E-state index contributed by atoms with van der Waals surface area (Å²) in [6, 6.07) is 81.3. The summed E-state index contributed by atoms with van der Waals surface area (Å²) in [5, 5.41) is 9.91. The van der Waals surface area contributed by atoms with Crippen LogP contribution in [0.25, 0.3) is 116 Å². The highest BCUT2D eigenvalue weighted by Gasteiger charge is 2.19. The first-order valence-corrected chi connectivity index (χ1v) is 20.9. The van der Waals surface area contributed by atoms with E-state index in [0.717, 1.165) is 28.1 Å². The summed E-state index contributed by atoms with van der Waals surface area (Å²) < 4.78 is 2.39. The van der Waals surface area contributed by atoms with Crippen molar-refractivity contribution >= 4 is 54.1 Å². The Morgan fingerprint density at radius 1 is 0.295 bits per heavy atom. The highest BCUT2D eigenvalue weighted by atomic mass is 15.0. The van der Waals surface area contributed by atoms with E-state index in [0.29, 0.717) is 0 Å². The van der Waals surface area contributed by atoms with Crippen LogP contribution < -0.4 is 0 Å². The molecule has 61 heavy (non-hydrogen) atoms. The van der Waals surface area contributed by atoms with Crippen LogP contribution in [0, 0.1) is 0 Å². The lowest BCUT2D eigenvalue weighted by atomic mass is 9.87. The SMILES string of the molecule is c1ccc(-c2ccc(-c3c4ccccc4c(-c4ccc(-c5ccc(-c6ccc7c(c6)c6c8ccccc8ccc6n7-c6ccccc6)cc5)cn4)c4ccccc34)cc2)cc1. The largest absolute Gasteiger partial charge is 0.309 e. The second kappa shape index (κ2) is 14.3. The zero-order chi connectivity index (χ0) is 40.3. The van der Waals surface area contributed by atoms with Gasteiger partial charge in [-0.25, -0.2) is 0 Å². The average Bonchev–Trinajstić information content (AvgIpc) is 3.68. The Kier molecular flexibility index (Phi) is 8.21. The molecule has 0 atom stereocenters. The van der Waals surface area contributed by atoms with Crippen molar-refractivity contribution in [2.45, 2.75) is 0 Å². The monoisotopic (exact) mass is 774 g/mol. The molecule has 0 unspecified atom stereocenters. The zero-order valence-electron chi connectivity index (χ0n) is 33.3. The van der Waals surface area contributed by atoms with Crippen LogP contribution in [0.15, 0.2) is 231 Å². The van der Waals surface area contributed by atoms with Crippen LogP contribution in [-0.4, -0.2) is 9.55 Å². The maximum Gasteiger partial charge on any atom is 0.0714 e. The molecule has 2 aromatic heterocycles. The number of para-hydroxylation sites is 1. The summed E-state index contributed by atoms with van der Waals surface area (Å²) in [4.78, 5) is 5.17. The van der Waals surface area contributed by atoms with Crippen molar-refractivity contribution in [3.05, 3.63) is 231 Å². The number of benzene rings is 10. The standard InChI is InChI=1S/C59H38N2/c1-3-13-39(14-4-1)40-27-29-44(30-28-40)57-49-19-9-11-21-51(49)58(52-22-12-10-20-50(52)57)54-34-31-46(38-60-54)42-25-23-41(24-26-42)45-33-35-55-53(37-45)59-48-18-8-7-15-43(48)32-36-56(59)61(55)47-16-5-2-6-17-47/h1-38H. The molecule has 0 aliphatic carbocycles. The molecule has 2 heterocycles. The Morgan fingerprint density at radius 2 is 0.770 bits per heavy atom. The molecule has 2 nitrogen and oxygen atoms in total. The minimum absolute atomic E-state index is 0.967. The lowest BCUT2D eigenvalue weighted by molar-refractivity contribution is 1.18. The van der Waals surface area contributed by atoms with Crippen molar-refractivity contribution in [3.8, 4) is 61.5 Å². The van der Waals surface area contributed by atoms with Crippen LogP contribution in [0.2, 0.25) is 0 Å². The Hall–Kier alpha value is -8.07. The van der Waals surface area contributed by atoms with Crippen LogP contribution in [0.3, 0.4) is 0 Å². The fourth-order valence-corrected chi connectivity index (χ4v) is 9.57. The molecule has 12 aromatic rings. The van der Waals surface area contributed by atoms with Gasteiger partial charge < -0.3 is 4.57 Å². The van der Waals surface area contributed by atoms with Crippen molar-refractivity contribution in [2.75, 3.05) is 0 Å². The molecule has 0 spiro atoms. The van der Waals surface area contributed by atoms with E-state index >= 15 is 0 Å². The Labute approximate surface area is 354 Å². The smallest absolute Gasteiger partial charge is 0.0714 e. The van der Waals surface area contributed by atoms with E-state index in [1.54, 1.807) is 0 Å². The van der Waals surface area contributed by atoms with Crippen LogP contribution in [0.5, 0.6) is 0 Å². The molecule has 0 fully saturated rings. The third-order valence-electron chi connectivity index (χ3n) is 12.5. The molecule has 12 rings (SSSR count). The minimum Gasteiger partial charge on any atom is -0.309 e. The van der Waals surface area contributed by atoms with E-state index in [1.807, 2.05) is 6.20 Å². The van der Waals surface area contributed by atoms with Gasteiger partial charge in [-0.3, -0.25) is 4.98 Å². The van der Waals surface area contributed by atoms with Gasteiger partial charge in [0.25, 0.3) is 0 Å². The van der Waals surface area contributed by atoms with E-state index in [2.05, 4.69) is 229 Å². The predicted molar refractivity (Wildman–Crippen MR) is 258 cm³/mol. The molecule has 0 saturated heterocycles. The molecule has 0 saturated carbocycles. The highest BCUT2D eigenvalue weighted by molar-refractivity contribution is 6.22. The second-order valence-corrected chi connectivity index (χ2v) is 15.9. The molecule has 0 amide bonds. The number of fused-ring (bicyclic) bond motifs is 7. The van der Waals surface area contributed by atoms with Crippen molar-refractivity contribution < 1.29 is 0 Å². The first kappa shape index (κ1) is 34.9. The number of aromatic nitrogens is 2. The first-order valence-electron chi connectivity index (χ1n) is 20.9. The van der Waals surface area contributed by atoms with Crippen LogP contribution in [0.1, 0.15) is 0 Å². The summed E-state index contributed by atoms with van der Waals surface area (Å²) >= 11 is 0. The molecular weight excluding hydrogens is 737 g/mol. The number of hydrogen-bond donors (Lipinski definition) is 0. The molecule has 10 aromatic carbocycles. The van der Waals surface area contributed by atoms with E-state index in [9.17, 15) is 0 Å². The van der Waals surface area contributed by atoms with E-state index in [-0.39, 0.29) is 0 Å². The highest BCUT2D eigenvalue weighted by Crippen LogP contribution is 2.44. The normalized spacial score (nSPS) is 11.6. The van der Waals surface area contributed by atoms with Gasteiger partial charge >= 0.3 is 0 Å². The summed E-state index contributed by atoms with van der Waals surface area (Å²) in [6.45, 7) is 0. The molecule has 0 aliphatic heterocycles. The minimum atomic E-state index is 0.967. The average molecular weight is 775 g/mol. The van der Waals surface area contributed by atoms with Gasteiger partial charge in [0.2, 0.25) is 0 Å². The van der Waals surface area contributed by atoms with Gasteiger partial charge in [0, 0.05) is 33.8 Å². The molecule has 0 N–H and O–H groups in total. The van der Waals surface area contributed by atoms with Gasteiger partial charge in [-0.1, -0.05) is 188 Å². The van der Waals surface area contributed by atoms with Gasteiger partial charge in [-0.2, -0.15) is 0 Å². The Balaban J connectivity index is 0.906. The van der Waals surface area contributed by atoms with E-state index in [1.165, 1.54) is 87.5 Å². The van der Waals surface area contributed by atoms with Crippen molar-refractivity contribution in [1.82, 2.24) is 9.55 Å². The van der Waals surface area contributed by atoms with Crippen molar-refractivity contribution in [2.24, 2.45) is 0 Å². The molecule has 0 bridgehead atoms. The maximum atomic E-state index is 5.17. The van der Waals surface area contributed by atoms with Crippen LogP contribution in [0.4, 0.5) is 0 Å². The Morgan fingerprint density at radius 3 is 1.41 bits per heavy atom. The number of hydrogen-bond acceptors (Lipinski definition) is 1. The third kappa shape index (κ3) is 5.84. The van der Waals surface area contributed by atoms with Gasteiger partial charge in [-0.15, -0.1) is 0 Å². The van der Waals surface area contributed by atoms with Crippen LogP contribution in [-0.2, 0) is 0 Å². The van der Waals surface area contributed by atoms with E-state index in [4.69, 9.17) is 4.98 Å². The molecule has 2 heteroatoms. The van der Waals surface area contributed by atoms with Gasteiger partial charge in [0.1, 0.15) is 0 Å². The summed E-state index contributed by atoms with van der Waals surface area (Å²) in [7, 11) is 0. The van der Waals surface area contributed by atoms with Crippen molar-refractivity contribution in [1.29, 1.82) is 0 Å². The molecule has 0 aliphatic rings. The topological polar surface area (TPSA) is 17.8 Å². The number of nitrogens with zero attached hydrogens (tertiary/aromatic N) is 2. The fraction of sp³-hybridized carbons (Fsp3) is 0. The Bertz CT molecular complexity index is 3530. The summed E-state index contributed by atoms with van der Waals surface area (Å²) in [5.41, 5.74) is 15.2. The van der Waals surface area contributed by atoms with Gasteiger partial charge in [0.15, 0.2) is 0 Å². The van der Waals surface area contributed by atoms with Gasteiger partial charge in [0.05, 0.1) is 16.7 Å². The lowest BCUT2D eigenvalue weighted by Gasteiger charge is -2.17. The van der Waals surface area contributed by atoms with Crippen molar-refractivity contribution in [3.63, 3.8) is 0 Å². The second-order valence-electron chi connectivity index (χ2n) is 15.9. The summed E-state index contributed by atoms with van der Waals surface area (Å²) in [5.74, 6) is 0. The maximum absolute atomic E-state index is 5.17. The number of rotatable bonds is 6. The lowest BCUT2D eigenvalue weighted by Crippen LogP contribution is -1.93. The fourth-order valence-electron chi connectivity index (χ4n) is 9.57. The van der Waals surface area contributed by atoms with E-state index < -0.39 is 0 Å². The first-order chi connectivity index (χ1) is 30.3. The quantitative estimate of drug-likeness (QED) is 0.154. The molecule has 0 radical (unpaired) electrons. The van der Waals surface area contributed by atoms with Gasteiger partial charge in [-0.05, 0) is 108 Å². The molecule has 284 valence electrons. The number of pyridine rings is 1. The predicted octanol–water partition coefficient (Wildman–Crippen LogP) is 16.0. The van der Waals surface area contributed by atoms with Crippen LogP contribution >= 0.6 is 0 Å². The zero-order valence-corrected chi connectivity index (χ0v) is 33.3. The molecular formula is C59H38N2. The summed E-state index contributed by atoms with van der Waals surface area (Å²) in [6.07, 6.45) is 2.03.